The van der Waals surface area contributed by atoms with Crippen molar-refractivity contribution in [3.05, 3.63) is 63.6 Å². The molecular weight excluding hydrogens is 521 g/mol. The molecule has 0 spiro atoms. The monoisotopic (exact) mass is 553 g/mol. The number of rotatable bonds is 10. The minimum absolute atomic E-state index is 0.100. The first-order valence-electron chi connectivity index (χ1n) is 12.1. The van der Waals surface area contributed by atoms with Gasteiger partial charge in [0.2, 0.25) is 21.8 Å². The maximum Gasteiger partial charge on any atom is 0.244 e. The van der Waals surface area contributed by atoms with Gasteiger partial charge in [-0.05, 0) is 67.6 Å². The van der Waals surface area contributed by atoms with Crippen LogP contribution < -0.4 is 9.62 Å². The van der Waals surface area contributed by atoms with Crippen molar-refractivity contribution in [2.75, 3.05) is 17.1 Å². The number of carbonyl (C=O) groups is 2. The number of sulfonamides is 1. The standard InChI is InChI=1S/C26H33Cl2N3O4S/c1-4-23(26(33)29-22-7-5-6-8-22)30(16-19-9-11-20(27)12-10-19)25(32)17-31(36(3,34)35)24-14-13-21(28)15-18(24)2/h9-15,22-23H,4-8,16-17H2,1-3H3,(H,29,33)/t23-/m0/s1. The molecular formula is C26H33Cl2N3O4S. The van der Waals surface area contributed by atoms with Gasteiger partial charge in [0, 0.05) is 22.6 Å². The lowest BCUT2D eigenvalue weighted by atomic mass is 10.1. The van der Waals surface area contributed by atoms with E-state index in [1.807, 2.05) is 6.92 Å². The molecule has 2 aromatic carbocycles. The van der Waals surface area contributed by atoms with Crippen LogP contribution in [0.4, 0.5) is 5.69 Å². The van der Waals surface area contributed by atoms with Gasteiger partial charge < -0.3 is 10.2 Å². The summed E-state index contributed by atoms with van der Waals surface area (Å²) in [4.78, 5) is 28.5. The summed E-state index contributed by atoms with van der Waals surface area (Å²) in [6.07, 6.45) is 5.42. The van der Waals surface area contributed by atoms with E-state index in [1.54, 1.807) is 49.4 Å². The molecule has 0 bridgehead atoms. The first-order valence-corrected chi connectivity index (χ1v) is 14.7. The number of nitrogens with zero attached hydrogens (tertiary/aromatic N) is 2. The third kappa shape index (κ3) is 7.37. The molecule has 2 amide bonds. The highest BCUT2D eigenvalue weighted by Crippen LogP contribution is 2.26. The molecule has 0 saturated heterocycles. The molecule has 3 rings (SSSR count). The second-order valence-electron chi connectivity index (χ2n) is 9.26. The molecule has 1 saturated carbocycles. The Labute approximate surface area is 223 Å². The van der Waals surface area contributed by atoms with Crippen LogP contribution in [-0.4, -0.2) is 50.0 Å². The van der Waals surface area contributed by atoms with Crippen molar-refractivity contribution in [3.8, 4) is 0 Å². The summed E-state index contributed by atoms with van der Waals surface area (Å²) >= 11 is 12.1. The second-order valence-corrected chi connectivity index (χ2v) is 12.0. The molecule has 7 nitrogen and oxygen atoms in total. The Balaban J connectivity index is 1.93. The molecule has 0 unspecified atom stereocenters. The van der Waals surface area contributed by atoms with Crippen LogP contribution in [-0.2, 0) is 26.2 Å². The highest BCUT2D eigenvalue weighted by Gasteiger charge is 2.33. The number of benzene rings is 2. The average molecular weight is 555 g/mol. The van der Waals surface area contributed by atoms with E-state index in [-0.39, 0.29) is 18.5 Å². The van der Waals surface area contributed by atoms with E-state index in [0.717, 1.165) is 41.8 Å². The third-order valence-corrected chi connectivity index (χ3v) is 8.07. The number of hydrogen-bond acceptors (Lipinski definition) is 4. The fourth-order valence-corrected chi connectivity index (χ4v) is 5.83. The number of halogens is 2. The molecule has 36 heavy (non-hydrogen) atoms. The van der Waals surface area contributed by atoms with Gasteiger partial charge in [0.25, 0.3) is 0 Å². The lowest BCUT2D eigenvalue weighted by molar-refractivity contribution is -0.140. The fourth-order valence-electron chi connectivity index (χ4n) is 4.57. The quantitative estimate of drug-likeness (QED) is 0.451. The molecule has 10 heteroatoms. The molecule has 0 radical (unpaired) electrons. The summed E-state index contributed by atoms with van der Waals surface area (Å²) in [5.41, 5.74) is 1.77. The highest BCUT2D eigenvalue weighted by molar-refractivity contribution is 7.92. The molecule has 1 fully saturated rings. The fraction of sp³-hybridized carbons (Fsp3) is 0.462. The number of aryl methyl sites for hydroxylation is 1. The van der Waals surface area contributed by atoms with E-state index in [2.05, 4.69) is 5.32 Å². The van der Waals surface area contributed by atoms with Crippen molar-refractivity contribution in [1.29, 1.82) is 0 Å². The van der Waals surface area contributed by atoms with Gasteiger partial charge in [-0.1, -0.05) is 55.1 Å². The summed E-state index contributed by atoms with van der Waals surface area (Å²) in [6.45, 7) is 3.28. The van der Waals surface area contributed by atoms with Crippen LogP contribution in [0.2, 0.25) is 10.0 Å². The van der Waals surface area contributed by atoms with Gasteiger partial charge in [0.15, 0.2) is 0 Å². The van der Waals surface area contributed by atoms with Crippen molar-refractivity contribution in [1.82, 2.24) is 10.2 Å². The van der Waals surface area contributed by atoms with Crippen molar-refractivity contribution < 1.29 is 18.0 Å². The van der Waals surface area contributed by atoms with Gasteiger partial charge in [0.05, 0.1) is 11.9 Å². The first-order chi connectivity index (χ1) is 17.0. The third-order valence-electron chi connectivity index (χ3n) is 6.46. The Morgan fingerprint density at radius 2 is 1.67 bits per heavy atom. The van der Waals surface area contributed by atoms with Crippen LogP contribution in [0, 0.1) is 6.92 Å². The van der Waals surface area contributed by atoms with Crippen molar-refractivity contribution in [2.45, 2.75) is 64.6 Å². The van der Waals surface area contributed by atoms with E-state index in [4.69, 9.17) is 23.2 Å². The van der Waals surface area contributed by atoms with Crippen LogP contribution in [0.25, 0.3) is 0 Å². The van der Waals surface area contributed by atoms with Gasteiger partial charge in [-0.2, -0.15) is 0 Å². The SMILES string of the molecule is CC[C@@H](C(=O)NC1CCCC1)N(Cc1ccc(Cl)cc1)C(=O)CN(c1ccc(Cl)cc1C)S(C)(=O)=O. The van der Waals surface area contributed by atoms with E-state index in [1.165, 1.54) is 4.90 Å². The molecule has 1 N–H and O–H groups in total. The summed E-state index contributed by atoms with van der Waals surface area (Å²) in [7, 11) is -3.81. The van der Waals surface area contributed by atoms with Crippen molar-refractivity contribution >= 4 is 50.7 Å². The van der Waals surface area contributed by atoms with Crippen molar-refractivity contribution in [3.63, 3.8) is 0 Å². The molecule has 1 aliphatic carbocycles. The van der Waals surface area contributed by atoms with E-state index >= 15 is 0 Å². The number of nitrogens with one attached hydrogen (secondary N) is 1. The maximum absolute atomic E-state index is 13.8. The Hall–Kier alpha value is -2.29. The maximum atomic E-state index is 13.8. The smallest absolute Gasteiger partial charge is 0.244 e. The molecule has 2 aromatic rings. The summed E-state index contributed by atoms with van der Waals surface area (Å²) in [5.74, 6) is -0.696. The Morgan fingerprint density at radius 1 is 1.06 bits per heavy atom. The van der Waals surface area contributed by atoms with Crippen LogP contribution in [0.5, 0.6) is 0 Å². The van der Waals surface area contributed by atoms with Crippen LogP contribution in [0.15, 0.2) is 42.5 Å². The molecule has 0 aromatic heterocycles. The summed E-state index contributed by atoms with van der Waals surface area (Å²) in [6, 6.07) is 11.2. The van der Waals surface area contributed by atoms with Gasteiger partial charge in [-0.15, -0.1) is 0 Å². The lowest BCUT2D eigenvalue weighted by Crippen LogP contribution is -2.53. The van der Waals surface area contributed by atoms with Crippen LogP contribution >= 0.6 is 23.2 Å². The number of amides is 2. The predicted molar refractivity (Wildman–Crippen MR) is 145 cm³/mol. The highest BCUT2D eigenvalue weighted by atomic mass is 35.5. The number of anilines is 1. The van der Waals surface area contributed by atoms with Gasteiger partial charge in [-0.25, -0.2) is 8.42 Å². The zero-order valence-corrected chi connectivity index (χ0v) is 23.2. The molecule has 1 aliphatic rings. The summed E-state index contributed by atoms with van der Waals surface area (Å²) in [5, 5.41) is 4.12. The Bertz CT molecular complexity index is 1180. The minimum atomic E-state index is -3.81. The zero-order valence-electron chi connectivity index (χ0n) is 20.8. The number of hydrogen-bond donors (Lipinski definition) is 1. The van der Waals surface area contributed by atoms with Crippen molar-refractivity contribution in [2.24, 2.45) is 0 Å². The van der Waals surface area contributed by atoms with Gasteiger partial charge >= 0.3 is 0 Å². The minimum Gasteiger partial charge on any atom is -0.352 e. The van der Waals surface area contributed by atoms with Gasteiger partial charge in [0.1, 0.15) is 12.6 Å². The molecule has 0 aliphatic heterocycles. The zero-order chi connectivity index (χ0) is 26.5. The largest absolute Gasteiger partial charge is 0.352 e. The van der Waals surface area contributed by atoms with E-state index in [0.29, 0.717) is 27.7 Å². The van der Waals surface area contributed by atoms with Gasteiger partial charge in [-0.3, -0.25) is 13.9 Å². The van der Waals surface area contributed by atoms with E-state index < -0.39 is 28.5 Å². The Morgan fingerprint density at radius 3 is 2.22 bits per heavy atom. The van der Waals surface area contributed by atoms with Crippen LogP contribution in [0.1, 0.15) is 50.2 Å². The molecule has 1 atom stereocenters. The lowest BCUT2D eigenvalue weighted by Gasteiger charge is -2.33. The normalized spacial score (nSPS) is 14.9. The van der Waals surface area contributed by atoms with Crippen LogP contribution in [0.3, 0.4) is 0 Å². The topological polar surface area (TPSA) is 86.8 Å². The van der Waals surface area contributed by atoms with E-state index in [9.17, 15) is 18.0 Å². The molecule has 0 heterocycles. The first kappa shape index (κ1) is 28.3. The number of carbonyl (C=O) groups excluding carboxylic acids is 2. The Kier molecular flexibility index (Phi) is 9.66. The molecule has 196 valence electrons. The average Bonchev–Trinajstić information content (AvgIpc) is 3.31. The predicted octanol–water partition coefficient (Wildman–Crippen LogP) is 4.93. The second kappa shape index (κ2) is 12.3. The summed E-state index contributed by atoms with van der Waals surface area (Å²) < 4.78 is 26.6.